The number of rotatable bonds is 4. The van der Waals surface area contributed by atoms with Crippen LogP contribution >= 0.6 is 0 Å². The molecular formula is C10H8F4O3. The lowest BCUT2D eigenvalue weighted by Crippen LogP contribution is -2.10. The summed E-state index contributed by atoms with van der Waals surface area (Å²) in [6.07, 6.45) is -0.570. The van der Waals surface area contributed by atoms with Crippen LogP contribution in [0.15, 0.2) is 12.1 Å². The second kappa shape index (κ2) is 5.51. The topological polar surface area (TPSA) is 35.5 Å². The van der Waals surface area contributed by atoms with Gasteiger partial charge in [0.05, 0.1) is 13.5 Å². The van der Waals surface area contributed by atoms with Crippen molar-refractivity contribution in [2.24, 2.45) is 0 Å². The van der Waals surface area contributed by atoms with Gasteiger partial charge in [0.2, 0.25) is 0 Å². The molecule has 0 heterocycles. The summed E-state index contributed by atoms with van der Waals surface area (Å²) >= 11 is 0. The van der Waals surface area contributed by atoms with E-state index in [1.807, 2.05) is 0 Å². The maximum absolute atomic E-state index is 13.5. The fourth-order valence-corrected chi connectivity index (χ4v) is 1.16. The Labute approximate surface area is 93.9 Å². The molecule has 0 spiro atoms. The van der Waals surface area contributed by atoms with Gasteiger partial charge in [-0.3, -0.25) is 4.79 Å². The molecule has 0 N–H and O–H groups in total. The van der Waals surface area contributed by atoms with Gasteiger partial charge in [0.15, 0.2) is 11.6 Å². The Morgan fingerprint density at radius 3 is 2.53 bits per heavy atom. The Morgan fingerprint density at radius 2 is 2.00 bits per heavy atom. The molecule has 17 heavy (non-hydrogen) atoms. The SMILES string of the molecule is COC(=O)Cc1cc(F)cc(OC(F)F)c1F. The highest BCUT2D eigenvalue weighted by molar-refractivity contribution is 5.72. The van der Waals surface area contributed by atoms with Crippen molar-refractivity contribution in [2.75, 3.05) is 7.11 Å². The molecule has 3 nitrogen and oxygen atoms in total. The van der Waals surface area contributed by atoms with Crippen molar-refractivity contribution in [3.63, 3.8) is 0 Å². The van der Waals surface area contributed by atoms with E-state index in [1.54, 1.807) is 0 Å². The smallest absolute Gasteiger partial charge is 0.387 e. The highest BCUT2D eigenvalue weighted by atomic mass is 19.3. The van der Waals surface area contributed by atoms with E-state index in [9.17, 15) is 22.4 Å². The fourth-order valence-electron chi connectivity index (χ4n) is 1.16. The number of alkyl halides is 2. The van der Waals surface area contributed by atoms with E-state index in [4.69, 9.17) is 0 Å². The van der Waals surface area contributed by atoms with Crippen molar-refractivity contribution in [3.8, 4) is 5.75 Å². The third kappa shape index (κ3) is 3.61. The first-order chi connectivity index (χ1) is 7.93. The minimum atomic E-state index is -3.28. The number of esters is 1. The van der Waals surface area contributed by atoms with Crippen LogP contribution < -0.4 is 4.74 Å². The maximum atomic E-state index is 13.5. The van der Waals surface area contributed by atoms with E-state index in [1.165, 1.54) is 0 Å². The van der Waals surface area contributed by atoms with E-state index in [0.29, 0.717) is 12.1 Å². The molecule has 1 aromatic rings. The summed E-state index contributed by atoms with van der Waals surface area (Å²) in [5.74, 6) is -3.96. The number of carbonyl (C=O) groups excluding carboxylic acids is 1. The molecule has 0 bridgehead atoms. The molecule has 0 aliphatic heterocycles. The summed E-state index contributed by atoms with van der Waals surface area (Å²) in [6, 6.07) is 1.19. The summed E-state index contributed by atoms with van der Waals surface area (Å²) in [7, 11) is 1.07. The lowest BCUT2D eigenvalue weighted by molar-refractivity contribution is -0.139. The summed E-state index contributed by atoms with van der Waals surface area (Å²) in [4.78, 5) is 10.9. The molecule has 0 saturated carbocycles. The van der Waals surface area contributed by atoms with Gasteiger partial charge in [0.25, 0.3) is 0 Å². The van der Waals surface area contributed by atoms with Crippen LogP contribution in [0.4, 0.5) is 17.6 Å². The number of benzene rings is 1. The molecule has 0 aliphatic rings. The fraction of sp³-hybridized carbons (Fsp3) is 0.300. The van der Waals surface area contributed by atoms with Crippen LogP contribution in [0.5, 0.6) is 5.75 Å². The second-order valence-corrected chi connectivity index (χ2v) is 3.01. The summed E-state index contributed by atoms with van der Waals surface area (Å²) < 4.78 is 58.3. The quantitative estimate of drug-likeness (QED) is 0.609. The van der Waals surface area contributed by atoms with E-state index in [-0.39, 0.29) is 0 Å². The highest BCUT2D eigenvalue weighted by Gasteiger charge is 2.17. The van der Waals surface area contributed by atoms with E-state index in [2.05, 4.69) is 9.47 Å². The molecule has 0 aliphatic carbocycles. The first-order valence-corrected chi connectivity index (χ1v) is 4.43. The van der Waals surface area contributed by atoms with Crippen molar-refractivity contribution >= 4 is 5.97 Å². The highest BCUT2D eigenvalue weighted by Crippen LogP contribution is 2.24. The Kier molecular flexibility index (Phi) is 4.30. The predicted octanol–water partition coefficient (Wildman–Crippen LogP) is 2.28. The van der Waals surface area contributed by atoms with Crippen molar-refractivity contribution in [3.05, 3.63) is 29.3 Å². The first kappa shape index (κ1) is 13.3. The van der Waals surface area contributed by atoms with Gasteiger partial charge in [-0.05, 0) is 6.07 Å². The van der Waals surface area contributed by atoms with Gasteiger partial charge in [-0.25, -0.2) is 8.78 Å². The van der Waals surface area contributed by atoms with Gasteiger partial charge in [0, 0.05) is 11.6 Å². The lowest BCUT2D eigenvalue weighted by atomic mass is 10.1. The standard InChI is InChI=1S/C10H8F4O3/c1-16-8(15)3-5-2-6(11)4-7(9(5)12)17-10(13)14/h2,4,10H,3H2,1H3. The average Bonchev–Trinajstić information content (AvgIpc) is 2.23. The number of methoxy groups -OCH3 is 1. The zero-order valence-electron chi connectivity index (χ0n) is 8.68. The van der Waals surface area contributed by atoms with Crippen LogP contribution in [0.1, 0.15) is 5.56 Å². The Morgan fingerprint density at radius 1 is 1.35 bits per heavy atom. The predicted molar refractivity (Wildman–Crippen MR) is 48.7 cm³/mol. The van der Waals surface area contributed by atoms with Gasteiger partial charge in [-0.15, -0.1) is 0 Å². The Balaban J connectivity index is 3.05. The van der Waals surface area contributed by atoms with Crippen LogP contribution in [0.25, 0.3) is 0 Å². The van der Waals surface area contributed by atoms with E-state index < -0.39 is 41.9 Å². The van der Waals surface area contributed by atoms with Crippen molar-refractivity contribution in [2.45, 2.75) is 13.0 Å². The minimum Gasteiger partial charge on any atom is -0.469 e. The first-order valence-electron chi connectivity index (χ1n) is 4.43. The molecule has 0 unspecified atom stereocenters. The van der Waals surface area contributed by atoms with Crippen LogP contribution in [0, 0.1) is 11.6 Å². The van der Waals surface area contributed by atoms with Crippen LogP contribution in [-0.4, -0.2) is 19.7 Å². The minimum absolute atomic E-state index is 0.410. The lowest BCUT2D eigenvalue weighted by Gasteiger charge is -2.09. The zero-order valence-corrected chi connectivity index (χ0v) is 8.68. The molecule has 0 amide bonds. The third-order valence-corrected chi connectivity index (χ3v) is 1.86. The van der Waals surface area contributed by atoms with Crippen molar-refractivity contribution in [1.82, 2.24) is 0 Å². The molecule has 0 aromatic heterocycles. The number of hydrogen-bond acceptors (Lipinski definition) is 3. The molecule has 7 heteroatoms. The second-order valence-electron chi connectivity index (χ2n) is 3.01. The summed E-state index contributed by atoms with van der Waals surface area (Å²) in [5.41, 5.74) is -0.410. The summed E-state index contributed by atoms with van der Waals surface area (Å²) in [6.45, 7) is -3.28. The molecule has 1 rings (SSSR count). The third-order valence-electron chi connectivity index (χ3n) is 1.86. The number of ether oxygens (including phenoxy) is 2. The van der Waals surface area contributed by atoms with Crippen molar-refractivity contribution < 1.29 is 31.8 Å². The molecule has 0 saturated heterocycles. The molecule has 0 radical (unpaired) electrons. The molecule has 0 atom stereocenters. The molecule has 1 aromatic carbocycles. The van der Waals surface area contributed by atoms with Gasteiger partial charge < -0.3 is 9.47 Å². The molecular weight excluding hydrogens is 244 g/mol. The van der Waals surface area contributed by atoms with Gasteiger partial charge in [-0.2, -0.15) is 8.78 Å². The number of halogens is 4. The molecule has 0 fully saturated rings. The monoisotopic (exact) mass is 252 g/mol. The summed E-state index contributed by atoms with van der Waals surface area (Å²) in [5, 5.41) is 0. The van der Waals surface area contributed by atoms with E-state index in [0.717, 1.165) is 7.11 Å². The Hall–Kier alpha value is -1.79. The maximum Gasteiger partial charge on any atom is 0.387 e. The van der Waals surface area contributed by atoms with Crippen LogP contribution in [-0.2, 0) is 16.0 Å². The number of hydrogen-bond donors (Lipinski definition) is 0. The van der Waals surface area contributed by atoms with Gasteiger partial charge in [-0.1, -0.05) is 0 Å². The average molecular weight is 252 g/mol. The normalized spacial score (nSPS) is 10.5. The number of carbonyl (C=O) groups is 1. The van der Waals surface area contributed by atoms with Crippen LogP contribution in [0.2, 0.25) is 0 Å². The van der Waals surface area contributed by atoms with Crippen molar-refractivity contribution in [1.29, 1.82) is 0 Å². The molecule has 94 valence electrons. The van der Waals surface area contributed by atoms with E-state index >= 15 is 0 Å². The van der Waals surface area contributed by atoms with Crippen LogP contribution in [0.3, 0.4) is 0 Å². The zero-order chi connectivity index (χ0) is 13.0. The largest absolute Gasteiger partial charge is 0.469 e. The van der Waals surface area contributed by atoms with Gasteiger partial charge in [0.1, 0.15) is 5.82 Å². The van der Waals surface area contributed by atoms with Gasteiger partial charge >= 0.3 is 12.6 Å². The Bertz CT molecular complexity index is 420.